The number of rotatable bonds is 4. The Labute approximate surface area is 180 Å². The molecule has 5 heteroatoms. The van der Waals surface area contributed by atoms with Crippen LogP contribution in [0.25, 0.3) is 0 Å². The van der Waals surface area contributed by atoms with Crippen molar-refractivity contribution in [1.29, 1.82) is 0 Å². The molecular formula is C25H35FN4. The number of hydrogen-bond donors (Lipinski definition) is 2. The van der Waals surface area contributed by atoms with Crippen LogP contribution in [0.5, 0.6) is 0 Å². The molecule has 2 N–H and O–H groups in total. The van der Waals surface area contributed by atoms with Gasteiger partial charge in [-0.2, -0.15) is 0 Å². The molecule has 4 aliphatic rings. The van der Waals surface area contributed by atoms with Crippen molar-refractivity contribution in [1.82, 2.24) is 10.2 Å². The first-order chi connectivity index (χ1) is 14.5. The highest BCUT2D eigenvalue weighted by Gasteiger charge is 2.48. The highest BCUT2D eigenvalue weighted by Crippen LogP contribution is 2.53. The maximum Gasteiger partial charge on any atom is 0.120 e. The summed E-state index contributed by atoms with van der Waals surface area (Å²) in [6.45, 7) is 10.1. The Morgan fingerprint density at radius 3 is 2.77 bits per heavy atom. The van der Waals surface area contributed by atoms with Gasteiger partial charge < -0.3 is 15.5 Å². The Balaban J connectivity index is 1.35. The van der Waals surface area contributed by atoms with Gasteiger partial charge in [-0.25, -0.2) is 4.39 Å². The van der Waals surface area contributed by atoms with Crippen LogP contribution in [0, 0.1) is 12.3 Å². The first-order valence-electron chi connectivity index (χ1n) is 11.7. The van der Waals surface area contributed by atoms with Crippen LogP contribution in [0.15, 0.2) is 41.4 Å². The fraction of sp³-hybridized carbons (Fsp3) is 0.600. The Morgan fingerprint density at radius 1 is 1.20 bits per heavy atom. The van der Waals surface area contributed by atoms with Crippen molar-refractivity contribution in [2.75, 3.05) is 29.9 Å². The number of alkyl halides is 1. The summed E-state index contributed by atoms with van der Waals surface area (Å²) in [5.41, 5.74) is 7.40. The van der Waals surface area contributed by atoms with Crippen molar-refractivity contribution < 1.29 is 4.39 Å². The summed E-state index contributed by atoms with van der Waals surface area (Å²) < 4.78 is 14.0. The Bertz CT molecular complexity index is 885. The number of likely N-dealkylation sites (tertiary alicyclic amines) is 1. The predicted octanol–water partition coefficient (Wildman–Crippen LogP) is 5.29. The number of halogens is 1. The van der Waals surface area contributed by atoms with Crippen LogP contribution in [-0.4, -0.2) is 36.9 Å². The lowest BCUT2D eigenvalue weighted by molar-refractivity contribution is 0.190. The van der Waals surface area contributed by atoms with Crippen LogP contribution < -0.4 is 15.5 Å². The lowest BCUT2D eigenvalue weighted by atomic mass is 9.76. The van der Waals surface area contributed by atoms with E-state index >= 15 is 0 Å². The third-order valence-electron chi connectivity index (χ3n) is 7.64. The van der Waals surface area contributed by atoms with Gasteiger partial charge in [-0.3, -0.25) is 4.90 Å². The number of benzene rings is 1. The van der Waals surface area contributed by atoms with Gasteiger partial charge in [0.1, 0.15) is 6.17 Å². The number of hydrogen-bond acceptors (Lipinski definition) is 4. The van der Waals surface area contributed by atoms with Crippen molar-refractivity contribution in [3.63, 3.8) is 0 Å². The molecule has 5 rings (SSSR count). The second kappa shape index (κ2) is 7.60. The maximum absolute atomic E-state index is 14.0. The molecule has 1 aromatic rings. The minimum absolute atomic E-state index is 0.0813. The van der Waals surface area contributed by atoms with Gasteiger partial charge in [0.2, 0.25) is 0 Å². The fourth-order valence-corrected chi connectivity index (χ4v) is 5.82. The van der Waals surface area contributed by atoms with Crippen LogP contribution in [0.3, 0.4) is 0 Å². The molecule has 0 bridgehead atoms. The Morgan fingerprint density at radius 2 is 2.00 bits per heavy atom. The second-order valence-electron chi connectivity index (χ2n) is 9.74. The van der Waals surface area contributed by atoms with E-state index in [0.29, 0.717) is 12.6 Å². The molecule has 1 aromatic carbocycles. The standard InChI is InChI=1S/C25H35FN4/c1-17-15-20(7-8-21(17)27-18(2)29-12-5-4-6-13-29)30-14-10-22-24(30)25(3)11-9-19(26)16-23(25)28-22/h7-8,15-16,18-19,27-28H,4-6,9-14H2,1-3H3. The zero-order chi connectivity index (χ0) is 20.9. The van der Waals surface area contributed by atoms with E-state index in [2.05, 4.69) is 59.4 Å². The molecule has 3 unspecified atom stereocenters. The minimum Gasteiger partial charge on any atom is -0.370 e. The number of anilines is 2. The molecular weight excluding hydrogens is 375 g/mol. The Hall–Kier alpha value is -2.01. The zero-order valence-electron chi connectivity index (χ0n) is 18.6. The second-order valence-corrected chi connectivity index (χ2v) is 9.74. The summed E-state index contributed by atoms with van der Waals surface area (Å²) in [7, 11) is 0. The number of piperidine rings is 1. The maximum atomic E-state index is 14.0. The molecule has 4 nitrogen and oxygen atoms in total. The van der Waals surface area contributed by atoms with Crippen molar-refractivity contribution >= 4 is 11.4 Å². The number of fused-ring (bicyclic) bond motifs is 2. The smallest absolute Gasteiger partial charge is 0.120 e. The fourth-order valence-electron chi connectivity index (χ4n) is 5.82. The molecule has 0 spiro atoms. The van der Waals surface area contributed by atoms with Crippen LogP contribution in [0.4, 0.5) is 15.8 Å². The average Bonchev–Trinajstić information content (AvgIpc) is 3.28. The summed E-state index contributed by atoms with van der Waals surface area (Å²) in [4.78, 5) is 5.01. The third-order valence-corrected chi connectivity index (χ3v) is 7.64. The van der Waals surface area contributed by atoms with Gasteiger partial charge in [0, 0.05) is 59.9 Å². The molecule has 3 heterocycles. The average molecular weight is 411 g/mol. The van der Waals surface area contributed by atoms with Gasteiger partial charge in [0.15, 0.2) is 0 Å². The van der Waals surface area contributed by atoms with Crippen molar-refractivity contribution in [3.8, 4) is 0 Å². The van der Waals surface area contributed by atoms with E-state index in [-0.39, 0.29) is 5.41 Å². The minimum atomic E-state index is -0.816. The molecule has 162 valence electrons. The summed E-state index contributed by atoms with van der Waals surface area (Å²) in [6.07, 6.45) is 7.81. The first-order valence-corrected chi connectivity index (χ1v) is 11.7. The molecule has 1 fully saturated rings. The molecule has 3 aliphatic heterocycles. The Kier molecular flexibility index (Phi) is 5.04. The predicted molar refractivity (Wildman–Crippen MR) is 122 cm³/mol. The van der Waals surface area contributed by atoms with Gasteiger partial charge in [-0.05, 0) is 76.3 Å². The van der Waals surface area contributed by atoms with Crippen molar-refractivity contribution in [2.45, 2.75) is 71.6 Å². The van der Waals surface area contributed by atoms with E-state index in [9.17, 15) is 4.39 Å². The lowest BCUT2D eigenvalue weighted by Crippen LogP contribution is -2.42. The van der Waals surface area contributed by atoms with Gasteiger partial charge >= 0.3 is 0 Å². The van der Waals surface area contributed by atoms with E-state index in [1.807, 2.05) is 0 Å². The van der Waals surface area contributed by atoms with Crippen molar-refractivity contribution in [2.24, 2.45) is 5.41 Å². The molecule has 0 aromatic heterocycles. The molecule has 3 atom stereocenters. The molecule has 0 radical (unpaired) electrons. The van der Waals surface area contributed by atoms with Crippen LogP contribution in [0.1, 0.15) is 57.9 Å². The van der Waals surface area contributed by atoms with E-state index in [0.717, 1.165) is 25.1 Å². The van der Waals surface area contributed by atoms with Gasteiger partial charge in [-0.1, -0.05) is 6.42 Å². The lowest BCUT2D eigenvalue weighted by Gasteiger charge is -2.38. The number of nitrogens with one attached hydrogen (secondary N) is 2. The van der Waals surface area contributed by atoms with E-state index in [1.165, 1.54) is 60.7 Å². The van der Waals surface area contributed by atoms with Crippen LogP contribution in [-0.2, 0) is 0 Å². The topological polar surface area (TPSA) is 30.5 Å². The molecule has 0 saturated carbocycles. The number of nitrogens with zero attached hydrogens (tertiary/aromatic N) is 2. The summed E-state index contributed by atoms with van der Waals surface area (Å²) in [5.74, 6) is 0. The molecule has 0 amide bonds. The molecule has 1 saturated heterocycles. The van der Waals surface area contributed by atoms with Gasteiger partial charge in [0.25, 0.3) is 0 Å². The molecule has 1 aliphatic carbocycles. The van der Waals surface area contributed by atoms with Crippen molar-refractivity contribution in [3.05, 3.63) is 46.9 Å². The third kappa shape index (κ3) is 3.31. The summed E-state index contributed by atoms with van der Waals surface area (Å²) >= 11 is 0. The molecule has 30 heavy (non-hydrogen) atoms. The van der Waals surface area contributed by atoms with Crippen LogP contribution >= 0.6 is 0 Å². The number of aryl methyl sites for hydroxylation is 1. The zero-order valence-corrected chi connectivity index (χ0v) is 18.6. The largest absolute Gasteiger partial charge is 0.370 e. The van der Waals surface area contributed by atoms with Gasteiger partial charge in [-0.15, -0.1) is 0 Å². The highest BCUT2D eigenvalue weighted by molar-refractivity contribution is 5.66. The normalized spacial score (nSPS) is 29.9. The summed E-state index contributed by atoms with van der Waals surface area (Å²) in [5, 5.41) is 7.29. The van der Waals surface area contributed by atoms with Crippen LogP contribution in [0.2, 0.25) is 0 Å². The number of allylic oxidation sites excluding steroid dienone is 1. The first kappa shape index (κ1) is 19.9. The van der Waals surface area contributed by atoms with E-state index < -0.39 is 6.17 Å². The monoisotopic (exact) mass is 410 g/mol. The SMILES string of the molecule is Cc1cc(N2CCC3=C2C2(C)CCC(F)C=C2N3)ccc1NC(C)N1CCCCC1. The van der Waals surface area contributed by atoms with E-state index in [1.54, 1.807) is 6.08 Å². The summed E-state index contributed by atoms with van der Waals surface area (Å²) in [6, 6.07) is 6.80. The van der Waals surface area contributed by atoms with Gasteiger partial charge in [0.05, 0.1) is 6.17 Å². The quantitative estimate of drug-likeness (QED) is 0.706. The highest BCUT2D eigenvalue weighted by atomic mass is 19.1. The van der Waals surface area contributed by atoms with E-state index in [4.69, 9.17) is 0 Å².